The molecule has 1 aromatic carbocycles. The summed E-state index contributed by atoms with van der Waals surface area (Å²) in [5.41, 5.74) is 0.783. The van der Waals surface area contributed by atoms with Crippen LogP contribution < -0.4 is 10.1 Å². The number of anilines is 1. The zero-order valence-corrected chi connectivity index (χ0v) is 12.6. The summed E-state index contributed by atoms with van der Waals surface area (Å²) < 4.78 is 29.2. The van der Waals surface area contributed by atoms with Crippen LogP contribution in [0.15, 0.2) is 35.4 Å². The number of amides is 1. The summed E-state index contributed by atoms with van der Waals surface area (Å²) in [7, 11) is -0.142. The molecule has 0 radical (unpaired) electrons. The van der Waals surface area contributed by atoms with Crippen LogP contribution >= 0.6 is 0 Å². The van der Waals surface area contributed by atoms with E-state index in [4.69, 9.17) is 4.74 Å². The number of ether oxygens (including phenoxy) is 1. The first-order valence-electron chi connectivity index (χ1n) is 6.00. The fourth-order valence-corrected chi connectivity index (χ4v) is 2.39. The van der Waals surface area contributed by atoms with Gasteiger partial charge in [-0.25, -0.2) is 8.42 Å². The summed E-state index contributed by atoms with van der Waals surface area (Å²) in [5, 5.41) is 6.65. The van der Waals surface area contributed by atoms with Crippen molar-refractivity contribution in [2.45, 2.75) is 4.90 Å². The van der Waals surface area contributed by atoms with E-state index in [1.807, 2.05) is 0 Å². The zero-order chi connectivity index (χ0) is 15.6. The quantitative estimate of drug-likeness (QED) is 0.913. The average molecular weight is 309 g/mol. The first kappa shape index (κ1) is 15.0. The molecular formula is C13H15N3O4S. The molecule has 7 nitrogen and oxygen atoms in total. The second-order valence-electron chi connectivity index (χ2n) is 4.48. The van der Waals surface area contributed by atoms with E-state index >= 15 is 0 Å². The van der Waals surface area contributed by atoms with Crippen LogP contribution in [0.3, 0.4) is 0 Å². The molecule has 112 valence electrons. The maximum Gasteiger partial charge on any atom is 0.262 e. The largest absolute Gasteiger partial charge is 0.479 e. The highest BCUT2D eigenvalue weighted by Gasteiger charge is 2.16. The van der Waals surface area contributed by atoms with E-state index in [-0.39, 0.29) is 16.7 Å². The number of benzene rings is 1. The van der Waals surface area contributed by atoms with Crippen LogP contribution in [0.4, 0.5) is 5.69 Å². The van der Waals surface area contributed by atoms with Crippen LogP contribution in [-0.2, 0) is 16.9 Å². The monoisotopic (exact) mass is 309 g/mol. The highest BCUT2D eigenvalue weighted by Crippen LogP contribution is 2.18. The Morgan fingerprint density at radius 1 is 1.29 bits per heavy atom. The lowest BCUT2D eigenvalue weighted by Crippen LogP contribution is -2.12. The standard InChI is InChI=1S/C13H15N3O4S/c1-16-8-11(13(15-16)20-2)12(17)14-9-4-6-10(7-5-9)21(3,18)19/h4-8H,1-3H3,(H,14,17). The maximum absolute atomic E-state index is 12.1. The van der Waals surface area contributed by atoms with E-state index in [2.05, 4.69) is 10.4 Å². The van der Waals surface area contributed by atoms with Gasteiger partial charge < -0.3 is 10.1 Å². The highest BCUT2D eigenvalue weighted by atomic mass is 32.2. The van der Waals surface area contributed by atoms with Gasteiger partial charge in [-0.2, -0.15) is 0 Å². The maximum atomic E-state index is 12.1. The molecule has 0 atom stereocenters. The SMILES string of the molecule is COc1nn(C)cc1C(=O)Nc1ccc(S(C)(=O)=O)cc1. The van der Waals surface area contributed by atoms with Crippen molar-refractivity contribution < 1.29 is 17.9 Å². The molecule has 0 bridgehead atoms. The van der Waals surface area contributed by atoms with Crippen molar-refractivity contribution in [1.29, 1.82) is 0 Å². The van der Waals surface area contributed by atoms with Crippen molar-refractivity contribution in [3.05, 3.63) is 36.0 Å². The Kier molecular flexibility index (Phi) is 3.99. The summed E-state index contributed by atoms with van der Waals surface area (Å²) in [4.78, 5) is 12.3. The smallest absolute Gasteiger partial charge is 0.262 e. The van der Waals surface area contributed by atoms with E-state index in [1.54, 1.807) is 13.2 Å². The molecule has 0 saturated carbocycles. The fourth-order valence-electron chi connectivity index (χ4n) is 1.76. The average Bonchev–Trinajstić information content (AvgIpc) is 2.79. The molecular weight excluding hydrogens is 294 g/mol. The van der Waals surface area contributed by atoms with Gasteiger partial charge in [-0.15, -0.1) is 5.10 Å². The van der Waals surface area contributed by atoms with Gasteiger partial charge in [-0.3, -0.25) is 9.48 Å². The molecule has 2 rings (SSSR count). The highest BCUT2D eigenvalue weighted by molar-refractivity contribution is 7.90. The molecule has 0 aliphatic heterocycles. The molecule has 8 heteroatoms. The Bertz CT molecular complexity index is 763. The van der Waals surface area contributed by atoms with Crippen LogP contribution in [0.2, 0.25) is 0 Å². The lowest BCUT2D eigenvalue weighted by molar-refractivity contribution is 0.102. The molecule has 21 heavy (non-hydrogen) atoms. The molecule has 1 N–H and O–H groups in total. The third-order valence-corrected chi connectivity index (χ3v) is 3.90. The van der Waals surface area contributed by atoms with Crippen molar-refractivity contribution in [1.82, 2.24) is 9.78 Å². The minimum Gasteiger partial charge on any atom is -0.479 e. The summed E-state index contributed by atoms with van der Waals surface area (Å²) in [6.45, 7) is 0. The lowest BCUT2D eigenvalue weighted by atomic mass is 10.3. The Hall–Kier alpha value is -2.35. The van der Waals surface area contributed by atoms with Gasteiger partial charge in [0, 0.05) is 25.2 Å². The number of aryl methyl sites for hydroxylation is 1. The van der Waals surface area contributed by atoms with Gasteiger partial charge in [0.15, 0.2) is 9.84 Å². The van der Waals surface area contributed by atoms with Gasteiger partial charge in [-0.05, 0) is 24.3 Å². The number of carbonyl (C=O) groups excluding carboxylic acids is 1. The van der Waals surface area contributed by atoms with Crippen molar-refractivity contribution in [3.63, 3.8) is 0 Å². The predicted octanol–water partition coefficient (Wildman–Crippen LogP) is 1.08. The third-order valence-electron chi connectivity index (χ3n) is 2.77. The molecule has 0 saturated heterocycles. The van der Waals surface area contributed by atoms with Gasteiger partial charge in [-0.1, -0.05) is 0 Å². The number of hydrogen-bond acceptors (Lipinski definition) is 5. The van der Waals surface area contributed by atoms with E-state index in [9.17, 15) is 13.2 Å². The number of rotatable bonds is 4. The molecule has 0 spiro atoms. The molecule has 0 aliphatic rings. The first-order chi connectivity index (χ1) is 9.81. The Morgan fingerprint density at radius 2 is 1.90 bits per heavy atom. The van der Waals surface area contributed by atoms with Crippen LogP contribution in [0.1, 0.15) is 10.4 Å². The summed E-state index contributed by atoms with van der Waals surface area (Å²) in [5.74, 6) is -0.158. The molecule has 0 aliphatic carbocycles. The van der Waals surface area contributed by atoms with Gasteiger partial charge in [0.1, 0.15) is 5.56 Å². The van der Waals surface area contributed by atoms with Gasteiger partial charge >= 0.3 is 0 Å². The number of carbonyl (C=O) groups is 1. The Balaban J connectivity index is 2.20. The minimum atomic E-state index is -3.25. The molecule has 1 heterocycles. The van der Waals surface area contributed by atoms with Crippen molar-refractivity contribution in [2.24, 2.45) is 7.05 Å². The summed E-state index contributed by atoms with van der Waals surface area (Å²) in [6.07, 6.45) is 2.67. The number of nitrogens with one attached hydrogen (secondary N) is 1. The second kappa shape index (κ2) is 5.57. The lowest BCUT2D eigenvalue weighted by Gasteiger charge is -2.05. The fraction of sp³-hybridized carbons (Fsp3) is 0.231. The number of sulfone groups is 1. The van der Waals surface area contributed by atoms with Crippen LogP contribution in [0.25, 0.3) is 0 Å². The van der Waals surface area contributed by atoms with Crippen molar-refractivity contribution >= 4 is 21.4 Å². The van der Waals surface area contributed by atoms with Crippen molar-refractivity contribution in [2.75, 3.05) is 18.7 Å². The van der Waals surface area contributed by atoms with Crippen LogP contribution in [0.5, 0.6) is 5.88 Å². The van der Waals surface area contributed by atoms with Crippen molar-refractivity contribution in [3.8, 4) is 5.88 Å². The summed E-state index contributed by atoms with van der Waals surface area (Å²) >= 11 is 0. The van der Waals surface area contributed by atoms with Gasteiger partial charge in [0.05, 0.1) is 12.0 Å². The molecule has 2 aromatic rings. The van der Waals surface area contributed by atoms with Crippen LogP contribution in [-0.4, -0.2) is 37.5 Å². The topological polar surface area (TPSA) is 90.3 Å². The number of aromatic nitrogens is 2. The Labute approximate surface area is 122 Å². The van der Waals surface area contributed by atoms with Crippen LogP contribution in [0, 0.1) is 0 Å². The minimum absolute atomic E-state index is 0.194. The molecule has 0 fully saturated rings. The normalized spacial score (nSPS) is 11.2. The van der Waals surface area contributed by atoms with E-state index in [0.29, 0.717) is 11.3 Å². The predicted molar refractivity (Wildman–Crippen MR) is 77.3 cm³/mol. The third kappa shape index (κ3) is 3.40. The van der Waals surface area contributed by atoms with E-state index in [1.165, 1.54) is 36.1 Å². The second-order valence-corrected chi connectivity index (χ2v) is 6.49. The number of methoxy groups -OCH3 is 1. The van der Waals surface area contributed by atoms with Gasteiger partial charge in [0.2, 0.25) is 5.88 Å². The molecule has 1 amide bonds. The first-order valence-corrected chi connectivity index (χ1v) is 7.89. The molecule has 1 aromatic heterocycles. The Morgan fingerprint density at radius 3 is 2.43 bits per heavy atom. The van der Waals surface area contributed by atoms with E-state index in [0.717, 1.165) is 6.26 Å². The van der Waals surface area contributed by atoms with E-state index < -0.39 is 9.84 Å². The van der Waals surface area contributed by atoms with Gasteiger partial charge in [0.25, 0.3) is 5.91 Å². The number of nitrogens with zero attached hydrogens (tertiary/aromatic N) is 2. The zero-order valence-electron chi connectivity index (χ0n) is 11.8. The number of hydrogen-bond donors (Lipinski definition) is 1. The molecule has 0 unspecified atom stereocenters. The summed E-state index contributed by atoms with van der Waals surface area (Å²) in [6, 6.07) is 5.92.